The smallest absolute Gasteiger partial charge is 0.305 e. The third-order valence-corrected chi connectivity index (χ3v) is 4.82. The van der Waals surface area contributed by atoms with Crippen LogP contribution in [0.3, 0.4) is 0 Å². The van der Waals surface area contributed by atoms with E-state index in [1.54, 1.807) is 0 Å². The van der Waals surface area contributed by atoms with E-state index in [9.17, 15) is 9.59 Å². The number of carbonyl (C=O) groups excluding carboxylic acids is 1. The Balaban J connectivity index is 1.69. The average molecular weight is 331 g/mol. The molecule has 1 amide bonds. The van der Waals surface area contributed by atoms with Gasteiger partial charge in [-0.3, -0.25) is 9.59 Å². The van der Waals surface area contributed by atoms with Gasteiger partial charge in [0.15, 0.2) is 0 Å². The number of carboxylic acids is 1. The minimum Gasteiger partial charge on any atom is -0.492 e. The van der Waals surface area contributed by atoms with Gasteiger partial charge in [-0.15, -0.1) is 11.3 Å². The van der Waals surface area contributed by atoms with Gasteiger partial charge in [0.1, 0.15) is 12.4 Å². The Kier molecular flexibility index (Phi) is 4.62. The van der Waals surface area contributed by atoms with Gasteiger partial charge in [-0.1, -0.05) is 24.3 Å². The number of thiophene rings is 1. The van der Waals surface area contributed by atoms with Crippen molar-refractivity contribution in [2.75, 3.05) is 6.61 Å². The molecule has 2 aromatic rings. The molecule has 0 saturated carbocycles. The summed E-state index contributed by atoms with van der Waals surface area (Å²) in [7, 11) is 0. The normalized spacial score (nSPS) is 17.7. The molecule has 23 heavy (non-hydrogen) atoms. The van der Waals surface area contributed by atoms with Gasteiger partial charge in [-0.05, 0) is 29.5 Å². The highest BCUT2D eigenvalue weighted by molar-refractivity contribution is 7.10. The molecule has 0 aliphatic carbocycles. The molecule has 2 heterocycles. The van der Waals surface area contributed by atoms with Crippen LogP contribution < -0.4 is 10.1 Å². The highest BCUT2D eigenvalue weighted by Gasteiger charge is 2.28. The molecule has 1 aliphatic heterocycles. The van der Waals surface area contributed by atoms with Crippen molar-refractivity contribution in [2.24, 2.45) is 5.92 Å². The van der Waals surface area contributed by atoms with Gasteiger partial charge in [0.05, 0.1) is 18.4 Å². The molecule has 0 unspecified atom stereocenters. The van der Waals surface area contributed by atoms with E-state index in [4.69, 9.17) is 9.84 Å². The predicted octanol–water partition coefficient (Wildman–Crippen LogP) is 2.63. The summed E-state index contributed by atoms with van der Waals surface area (Å²) in [4.78, 5) is 24.4. The summed E-state index contributed by atoms with van der Waals surface area (Å²) in [6, 6.07) is 10.8. The number of ether oxygens (including phenoxy) is 1. The van der Waals surface area contributed by atoms with Crippen LogP contribution in [0.2, 0.25) is 0 Å². The molecule has 1 aromatic carbocycles. The van der Waals surface area contributed by atoms with Crippen LogP contribution in [0.25, 0.3) is 0 Å². The summed E-state index contributed by atoms with van der Waals surface area (Å²) >= 11 is 1.44. The zero-order valence-electron chi connectivity index (χ0n) is 12.4. The SMILES string of the molecule is O=C(O)C[C@H](NC(=O)[C@@H]1COc2ccccc2C1)c1cccs1. The van der Waals surface area contributed by atoms with Crippen LogP contribution in [-0.2, 0) is 16.0 Å². The van der Waals surface area contributed by atoms with Gasteiger partial charge >= 0.3 is 5.97 Å². The number of hydrogen-bond donors (Lipinski definition) is 2. The Hall–Kier alpha value is -2.34. The number of benzene rings is 1. The fourth-order valence-electron chi connectivity index (χ4n) is 2.67. The molecular weight excluding hydrogens is 314 g/mol. The first-order chi connectivity index (χ1) is 11.1. The van der Waals surface area contributed by atoms with Gasteiger partial charge in [0.25, 0.3) is 0 Å². The molecule has 3 rings (SSSR count). The fourth-order valence-corrected chi connectivity index (χ4v) is 3.45. The van der Waals surface area contributed by atoms with Crippen LogP contribution in [0, 0.1) is 5.92 Å². The highest BCUT2D eigenvalue weighted by Crippen LogP contribution is 2.28. The quantitative estimate of drug-likeness (QED) is 0.883. The first kappa shape index (κ1) is 15.6. The Bertz CT molecular complexity index is 698. The molecule has 2 atom stereocenters. The molecule has 0 fully saturated rings. The third-order valence-electron chi connectivity index (χ3n) is 3.83. The van der Waals surface area contributed by atoms with Gasteiger partial charge in [-0.2, -0.15) is 0 Å². The van der Waals surface area contributed by atoms with E-state index in [1.165, 1.54) is 11.3 Å². The van der Waals surface area contributed by atoms with Crippen LogP contribution in [0.1, 0.15) is 22.9 Å². The van der Waals surface area contributed by atoms with Crippen LogP contribution in [0.4, 0.5) is 0 Å². The Labute approximate surface area is 137 Å². The van der Waals surface area contributed by atoms with Crippen molar-refractivity contribution in [2.45, 2.75) is 18.9 Å². The molecule has 0 spiro atoms. The second kappa shape index (κ2) is 6.83. The van der Waals surface area contributed by atoms with E-state index in [2.05, 4.69) is 5.32 Å². The van der Waals surface area contributed by atoms with Crippen molar-refractivity contribution in [1.82, 2.24) is 5.32 Å². The predicted molar refractivity (Wildman–Crippen MR) is 86.6 cm³/mol. The van der Waals surface area contributed by atoms with Crippen molar-refractivity contribution >= 4 is 23.2 Å². The number of amides is 1. The molecule has 0 bridgehead atoms. The van der Waals surface area contributed by atoms with Crippen molar-refractivity contribution in [3.05, 3.63) is 52.2 Å². The molecular formula is C17H17NO4S. The Morgan fingerprint density at radius 1 is 1.30 bits per heavy atom. The van der Waals surface area contributed by atoms with Crippen LogP contribution in [0.5, 0.6) is 5.75 Å². The lowest BCUT2D eigenvalue weighted by Gasteiger charge is -2.26. The molecule has 0 saturated heterocycles. The van der Waals surface area contributed by atoms with E-state index in [-0.39, 0.29) is 18.2 Å². The molecule has 5 nitrogen and oxygen atoms in total. The summed E-state index contributed by atoms with van der Waals surface area (Å²) < 4.78 is 5.64. The zero-order valence-corrected chi connectivity index (χ0v) is 13.2. The van der Waals surface area contributed by atoms with Crippen molar-refractivity contribution < 1.29 is 19.4 Å². The lowest BCUT2D eigenvalue weighted by molar-refractivity contribution is -0.138. The Morgan fingerprint density at radius 3 is 2.87 bits per heavy atom. The number of para-hydroxylation sites is 1. The summed E-state index contributed by atoms with van der Waals surface area (Å²) in [5, 5.41) is 13.8. The lowest BCUT2D eigenvalue weighted by atomic mass is 9.95. The van der Waals surface area contributed by atoms with Crippen molar-refractivity contribution in [3.8, 4) is 5.75 Å². The highest BCUT2D eigenvalue weighted by atomic mass is 32.1. The Morgan fingerprint density at radius 2 is 2.13 bits per heavy atom. The molecule has 6 heteroatoms. The van der Waals surface area contributed by atoms with Gasteiger partial charge in [0, 0.05) is 4.88 Å². The van der Waals surface area contributed by atoms with Crippen molar-refractivity contribution in [1.29, 1.82) is 0 Å². The topological polar surface area (TPSA) is 75.6 Å². The maximum absolute atomic E-state index is 12.5. The third kappa shape index (κ3) is 3.71. The van der Waals surface area contributed by atoms with E-state index in [1.807, 2.05) is 41.8 Å². The fraction of sp³-hybridized carbons (Fsp3) is 0.294. The maximum Gasteiger partial charge on any atom is 0.305 e. The van der Waals surface area contributed by atoms with Crippen molar-refractivity contribution in [3.63, 3.8) is 0 Å². The number of carboxylic acid groups (broad SMARTS) is 1. The van der Waals surface area contributed by atoms with Gasteiger partial charge in [0.2, 0.25) is 5.91 Å². The zero-order chi connectivity index (χ0) is 16.2. The number of fused-ring (bicyclic) bond motifs is 1. The first-order valence-electron chi connectivity index (χ1n) is 7.40. The van der Waals surface area contributed by atoms with E-state index in [0.717, 1.165) is 16.2 Å². The average Bonchev–Trinajstić information content (AvgIpc) is 3.07. The second-order valence-electron chi connectivity index (χ2n) is 5.49. The standard InChI is InChI=1S/C17H17NO4S/c19-16(20)9-13(15-6-3-7-23-15)18-17(21)12-8-11-4-1-2-5-14(11)22-10-12/h1-7,12-13H,8-10H2,(H,18,21)(H,19,20)/t12-,13-/m0/s1. The van der Waals surface area contributed by atoms with Gasteiger partial charge in [-0.25, -0.2) is 0 Å². The number of nitrogens with one attached hydrogen (secondary N) is 1. The lowest BCUT2D eigenvalue weighted by Crippen LogP contribution is -2.39. The number of rotatable bonds is 5. The second-order valence-corrected chi connectivity index (χ2v) is 6.47. The molecule has 2 N–H and O–H groups in total. The van der Waals surface area contributed by atoms with Crippen LogP contribution in [0.15, 0.2) is 41.8 Å². The van der Waals surface area contributed by atoms with Crippen LogP contribution >= 0.6 is 11.3 Å². The number of carbonyl (C=O) groups is 2. The monoisotopic (exact) mass is 331 g/mol. The number of hydrogen-bond acceptors (Lipinski definition) is 4. The maximum atomic E-state index is 12.5. The van der Waals surface area contributed by atoms with Crippen LogP contribution in [-0.4, -0.2) is 23.6 Å². The van der Waals surface area contributed by atoms with E-state index in [0.29, 0.717) is 13.0 Å². The molecule has 1 aliphatic rings. The first-order valence-corrected chi connectivity index (χ1v) is 8.27. The molecule has 1 aromatic heterocycles. The largest absolute Gasteiger partial charge is 0.492 e. The summed E-state index contributed by atoms with van der Waals surface area (Å²) in [5.41, 5.74) is 1.00. The summed E-state index contributed by atoms with van der Waals surface area (Å²) in [6.45, 7) is 0.313. The molecule has 120 valence electrons. The van der Waals surface area contributed by atoms with E-state index >= 15 is 0 Å². The minimum atomic E-state index is -0.936. The summed E-state index contributed by atoms with van der Waals surface area (Å²) in [5.74, 6) is -0.592. The number of aliphatic carboxylic acids is 1. The summed E-state index contributed by atoms with van der Waals surface area (Å²) in [6.07, 6.45) is 0.475. The molecule has 0 radical (unpaired) electrons. The van der Waals surface area contributed by atoms with Gasteiger partial charge < -0.3 is 15.2 Å². The minimum absolute atomic E-state index is 0.129. The van der Waals surface area contributed by atoms with E-state index < -0.39 is 12.0 Å².